The predicted molar refractivity (Wildman–Crippen MR) is 50.4 cm³/mol. The molecule has 1 fully saturated rings. The molecule has 0 aliphatic heterocycles. The minimum absolute atomic E-state index is 0.221. The fourth-order valence-corrected chi connectivity index (χ4v) is 1.32. The van der Waals surface area contributed by atoms with Crippen molar-refractivity contribution >= 4 is 5.91 Å². The molecule has 1 saturated carbocycles. The summed E-state index contributed by atoms with van der Waals surface area (Å²) in [6.45, 7) is 2.03. The molecule has 2 rings (SSSR count). The minimum Gasteiger partial charge on any atom is -0.444 e. The van der Waals surface area contributed by atoms with E-state index >= 15 is 0 Å². The first-order valence-corrected chi connectivity index (χ1v) is 4.77. The molecule has 15 heavy (non-hydrogen) atoms. The highest BCUT2D eigenvalue weighted by Gasteiger charge is 2.50. The van der Waals surface area contributed by atoms with Crippen LogP contribution in [-0.4, -0.2) is 10.9 Å². The number of carbonyl (C=O) groups is 1. The van der Waals surface area contributed by atoms with Crippen molar-refractivity contribution < 1.29 is 9.21 Å². The van der Waals surface area contributed by atoms with E-state index in [2.05, 4.69) is 10.3 Å². The minimum atomic E-state index is -0.776. The Kier molecular flexibility index (Phi) is 2.19. The molecule has 78 valence electrons. The van der Waals surface area contributed by atoms with Gasteiger partial charge in [-0.3, -0.25) is 4.79 Å². The van der Waals surface area contributed by atoms with Gasteiger partial charge < -0.3 is 9.73 Å². The lowest BCUT2D eigenvalue weighted by Crippen LogP contribution is -2.30. The Morgan fingerprint density at radius 1 is 1.80 bits per heavy atom. The fraction of sp³-hybridized carbons (Fsp3) is 0.500. The summed E-state index contributed by atoms with van der Waals surface area (Å²) in [6, 6.07) is 2.03. The van der Waals surface area contributed by atoms with Crippen LogP contribution in [0.3, 0.4) is 0 Å². The lowest BCUT2D eigenvalue weighted by molar-refractivity contribution is -0.124. The van der Waals surface area contributed by atoms with E-state index in [1.165, 1.54) is 0 Å². The highest BCUT2D eigenvalue weighted by molar-refractivity contribution is 5.88. The molecule has 1 aliphatic carbocycles. The summed E-state index contributed by atoms with van der Waals surface area (Å²) in [7, 11) is 0. The Morgan fingerprint density at radius 2 is 2.53 bits per heavy atom. The van der Waals surface area contributed by atoms with Crippen LogP contribution in [0.1, 0.15) is 24.5 Å². The summed E-state index contributed by atoms with van der Waals surface area (Å²) in [6.07, 6.45) is 2.90. The van der Waals surface area contributed by atoms with E-state index in [1.807, 2.05) is 6.07 Å². The average molecular weight is 205 g/mol. The summed E-state index contributed by atoms with van der Waals surface area (Å²) < 4.78 is 5.19. The van der Waals surface area contributed by atoms with Crippen molar-refractivity contribution in [3.05, 3.63) is 17.8 Å². The Bertz CT molecular complexity index is 426. The van der Waals surface area contributed by atoms with Gasteiger partial charge >= 0.3 is 0 Å². The Hall–Kier alpha value is -1.83. The van der Waals surface area contributed by atoms with Crippen LogP contribution in [-0.2, 0) is 11.3 Å². The summed E-state index contributed by atoms with van der Waals surface area (Å²) >= 11 is 0. The molecule has 0 unspecified atom stereocenters. The second-order valence-electron chi connectivity index (χ2n) is 3.74. The van der Waals surface area contributed by atoms with Crippen molar-refractivity contribution in [2.24, 2.45) is 5.41 Å². The monoisotopic (exact) mass is 205 g/mol. The molecule has 0 radical (unpaired) electrons. The molecule has 5 heteroatoms. The lowest BCUT2D eigenvalue weighted by atomic mass is 10.1. The highest BCUT2D eigenvalue weighted by Crippen LogP contribution is 2.44. The number of aromatic nitrogens is 1. The van der Waals surface area contributed by atoms with Crippen LogP contribution < -0.4 is 5.32 Å². The van der Waals surface area contributed by atoms with Gasteiger partial charge in [-0.05, 0) is 19.8 Å². The molecule has 0 spiro atoms. The third kappa shape index (κ3) is 1.84. The van der Waals surface area contributed by atoms with Gasteiger partial charge in [-0.25, -0.2) is 4.98 Å². The third-order valence-corrected chi connectivity index (χ3v) is 2.47. The molecule has 1 heterocycles. The number of carbonyl (C=O) groups excluding carboxylic acids is 1. The van der Waals surface area contributed by atoms with Crippen LogP contribution in [0.15, 0.2) is 10.6 Å². The largest absolute Gasteiger partial charge is 0.444 e. The summed E-state index contributed by atoms with van der Waals surface area (Å²) in [4.78, 5) is 15.5. The number of aryl methyl sites for hydroxylation is 1. The molecule has 1 N–H and O–H groups in total. The molecule has 0 atom stereocenters. The van der Waals surface area contributed by atoms with Crippen LogP contribution in [0.2, 0.25) is 0 Å². The third-order valence-electron chi connectivity index (χ3n) is 2.47. The van der Waals surface area contributed by atoms with Gasteiger partial charge in [0.15, 0.2) is 0 Å². The van der Waals surface area contributed by atoms with E-state index in [0.717, 1.165) is 0 Å². The van der Waals surface area contributed by atoms with E-state index in [1.54, 1.807) is 13.1 Å². The van der Waals surface area contributed by atoms with Gasteiger partial charge in [-0.1, -0.05) is 0 Å². The zero-order valence-electron chi connectivity index (χ0n) is 8.41. The maximum absolute atomic E-state index is 11.5. The standard InChI is InChI=1S/C10H11N3O2/c1-7-4-12-8(15-7)5-13-9(14)10(6-11)2-3-10/h4H,2-3,5H2,1H3,(H,13,14). The number of nitriles is 1. The number of rotatable bonds is 3. The molecular weight excluding hydrogens is 194 g/mol. The van der Waals surface area contributed by atoms with Gasteiger partial charge in [0.2, 0.25) is 11.8 Å². The van der Waals surface area contributed by atoms with Gasteiger partial charge in [-0.15, -0.1) is 0 Å². The molecule has 1 aliphatic rings. The van der Waals surface area contributed by atoms with E-state index in [9.17, 15) is 4.79 Å². The number of oxazole rings is 1. The molecule has 1 aromatic heterocycles. The quantitative estimate of drug-likeness (QED) is 0.795. The van der Waals surface area contributed by atoms with Crippen LogP contribution in [0, 0.1) is 23.7 Å². The van der Waals surface area contributed by atoms with Crippen LogP contribution in [0.25, 0.3) is 0 Å². The molecule has 0 aromatic carbocycles. The van der Waals surface area contributed by atoms with Gasteiger partial charge in [0.1, 0.15) is 11.2 Å². The van der Waals surface area contributed by atoms with Crippen LogP contribution in [0.5, 0.6) is 0 Å². The summed E-state index contributed by atoms with van der Waals surface area (Å²) in [5, 5.41) is 11.4. The average Bonchev–Trinajstić information content (AvgIpc) is 2.93. The molecule has 1 amide bonds. The van der Waals surface area contributed by atoms with Crippen molar-refractivity contribution in [3.8, 4) is 6.07 Å². The molecule has 5 nitrogen and oxygen atoms in total. The maximum atomic E-state index is 11.5. The van der Waals surface area contributed by atoms with Crippen molar-refractivity contribution in [2.45, 2.75) is 26.3 Å². The number of nitrogens with zero attached hydrogens (tertiary/aromatic N) is 2. The Balaban J connectivity index is 1.89. The van der Waals surface area contributed by atoms with Gasteiger partial charge in [0.25, 0.3) is 0 Å². The van der Waals surface area contributed by atoms with E-state index < -0.39 is 5.41 Å². The van der Waals surface area contributed by atoms with Crippen molar-refractivity contribution in [3.63, 3.8) is 0 Å². The van der Waals surface area contributed by atoms with E-state index in [0.29, 0.717) is 24.5 Å². The maximum Gasteiger partial charge on any atom is 0.240 e. The Labute approximate surface area is 87.1 Å². The van der Waals surface area contributed by atoms with Gasteiger partial charge in [-0.2, -0.15) is 5.26 Å². The van der Waals surface area contributed by atoms with Crippen molar-refractivity contribution in [1.82, 2.24) is 10.3 Å². The van der Waals surface area contributed by atoms with E-state index in [-0.39, 0.29) is 12.5 Å². The van der Waals surface area contributed by atoms with Crippen molar-refractivity contribution in [2.75, 3.05) is 0 Å². The number of hydrogen-bond donors (Lipinski definition) is 1. The lowest BCUT2D eigenvalue weighted by Gasteiger charge is -2.05. The normalized spacial score (nSPS) is 16.8. The number of amides is 1. The zero-order chi connectivity index (χ0) is 10.9. The first-order chi connectivity index (χ1) is 7.16. The molecule has 0 saturated heterocycles. The predicted octanol–water partition coefficient (Wildman–Crippen LogP) is 0.903. The Morgan fingerprint density at radius 3 is 3.00 bits per heavy atom. The molecule has 0 bridgehead atoms. The van der Waals surface area contributed by atoms with Gasteiger partial charge in [0.05, 0.1) is 18.8 Å². The SMILES string of the molecule is Cc1cnc(CNC(=O)C2(C#N)CC2)o1. The number of hydrogen-bond acceptors (Lipinski definition) is 4. The second kappa shape index (κ2) is 3.39. The zero-order valence-corrected chi connectivity index (χ0v) is 8.41. The van der Waals surface area contributed by atoms with Crippen molar-refractivity contribution in [1.29, 1.82) is 5.26 Å². The molecular formula is C10H11N3O2. The molecule has 1 aromatic rings. The van der Waals surface area contributed by atoms with Crippen LogP contribution >= 0.6 is 0 Å². The van der Waals surface area contributed by atoms with E-state index in [4.69, 9.17) is 9.68 Å². The van der Waals surface area contributed by atoms with Gasteiger partial charge in [0, 0.05) is 0 Å². The second-order valence-corrected chi connectivity index (χ2v) is 3.74. The fourth-order valence-electron chi connectivity index (χ4n) is 1.32. The smallest absolute Gasteiger partial charge is 0.240 e. The first-order valence-electron chi connectivity index (χ1n) is 4.77. The highest BCUT2D eigenvalue weighted by atomic mass is 16.4. The topological polar surface area (TPSA) is 78.9 Å². The first kappa shape index (κ1) is 9.71. The summed E-state index contributed by atoms with van der Waals surface area (Å²) in [5.74, 6) is 0.955. The van der Waals surface area contributed by atoms with Crippen LogP contribution in [0.4, 0.5) is 0 Å². The number of nitrogens with one attached hydrogen (secondary N) is 1. The summed E-state index contributed by atoms with van der Waals surface area (Å²) in [5.41, 5.74) is -0.776.